The quantitative estimate of drug-likeness (QED) is 0.277. The molecule has 0 saturated heterocycles. The summed E-state index contributed by atoms with van der Waals surface area (Å²) in [5.41, 5.74) is 0.369. The number of Topliss-reactive ketones (excluding diaryl/α,β-unsaturated/α-hetero) is 1. The van der Waals surface area contributed by atoms with Crippen molar-refractivity contribution in [2.75, 3.05) is 5.75 Å². The number of carboxylic acids is 1. The number of carbonyl (C=O) groups excluding carboxylic acids is 2. The van der Waals surface area contributed by atoms with Gasteiger partial charge in [-0.15, -0.1) is 23.1 Å². The summed E-state index contributed by atoms with van der Waals surface area (Å²) in [7, 11) is 1.46. The van der Waals surface area contributed by atoms with Crippen LogP contribution in [0.4, 0.5) is 13.2 Å². The summed E-state index contributed by atoms with van der Waals surface area (Å²) >= 11 is 8.58. The lowest BCUT2D eigenvalue weighted by Gasteiger charge is -2.15. The summed E-state index contributed by atoms with van der Waals surface area (Å²) in [6.07, 6.45) is -3.60. The molecule has 2 N–H and O–H groups in total. The number of thioether (sulfide) groups is 1. The van der Waals surface area contributed by atoms with E-state index in [9.17, 15) is 32.7 Å². The van der Waals surface area contributed by atoms with Gasteiger partial charge in [0, 0.05) is 28.4 Å². The maximum absolute atomic E-state index is 12.8. The Morgan fingerprint density at radius 2 is 1.92 bits per heavy atom. The molecule has 1 atom stereocenters. The van der Waals surface area contributed by atoms with Crippen molar-refractivity contribution in [3.05, 3.63) is 74.2 Å². The highest BCUT2D eigenvalue weighted by Crippen LogP contribution is 2.29. The molecule has 2 heterocycles. The summed E-state index contributed by atoms with van der Waals surface area (Å²) < 4.78 is 39.7. The number of hydrogen-bond donors (Lipinski definition) is 2. The lowest BCUT2D eigenvalue weighted by atomic mass is 10.1. The molecule has 0 unspecified atom stereocenters. The molecule has 204 valence electrons. The van der Waals surface area contributed by atoms with Crippen LogP contribution in [-0.4, -0.2) is 44.3 Å². The van der Waals surface area contributed by atoms with Crippen LogP contribution in [0.25, 0.3) is 0 Å². The molecule has 38 heavy (non-hydrogen) atoms. The number of ketones is 1. The number of hydrogen-bond acceptors (Lipinski definition) is 6. The Labute approximate surface area is 230 Å². The third kappa shape index (κ3) is 8.60. The second kappa shape index (κ2) is 13.3. The zero-order valence-electron chi connectivity index (χ0n) is 20.3. The number of rotatable bonds is 13. The molecule has 7 nitrogen and oxygen atoms in total. The second-order valence-electron chi connectivity index (χ2n) is 8.44. The van der Waals surface area contributed by atoms with Crippen LogP contribution in [0, 0.1) is 0 Å². The highest BCUT2D eigenvalue weighted by molar-refractivity contribution is 7.99. The van der Waals surface area contributed by atoms with Gasteiger partial charge in [-0.1, -0.05) is 29.8 Å². The zero-order chi connectivity index (χ0) is 27.9. The minimum Gasteiger partial charge on any atom is -0.481 e. The minimum absolute atomic E-state index is 0.00318. The van der Waals surface area contributed by atoms with Gasteiger partial charge in [-0.25, -0.2) is 0 Å². The first kappa shape index (κ1) is 29.7. The number of amides is 1. The van der Waals surface area contributed by atoms with Crippen molar-refractivity contribution >= 4 is 52.4 Å². The molecule has 2 aromatic heterocycles. The molecule has 0 aliphatic rings. The normalized spacial score (nSPS) is 12.3. The van der Waals surface area contributed by atoms with Crippen molar-refractivity contribution < 1.29 is 32.7 Å². The molecule has 1 amide bonds. The molecule has 1 aromatic carbocycles. The lowest BCUT2D eigenvalue weighted by molar-refractivity contribution is -0.141. The van der Waals surface area contributed by atoms with Crippen LogP contribution in [0.1, 0.15) is 44.3 Å². The van der Waals surface area contributed by atoms with Crippen LogP contribution >= 0.6 is 34.7 Å². The van der Waals surface area contributed by atoms with Crippen LogP contribution in [-0.2, 0) is 41.4 Å². The van der Waals surface area contributed by atoms with Crippen LogP contribution in [0.5, 0.6) is 0 Å². The average molecular weight is 588 g/mol. The van der Waals surface area contributed by atoms with Crippen LogP contribution in [0.15, 0.2) is 42.5 Å². The first-order chi connectivity index (χ1) is 17.9. The number of aliphatic carboxylic acids is 1. The number of benzene rings is 1. The van der Waals surface area contributed by atoms with Crippen LogP contribution < -0.4 is 5.32 Å². The molecule has 3 aromatic rings. The fourth-order valence-corrected chi connectivity index (χ4v) is 5.79. The largest absolute Gasteiger partial charge is 0.481 e. The SMILES string of the molecule is Cn1nc(C(F)(F)F)cc1CCCc1ccc(C(=O)N[C@@H](CC(=O)O)C(=O)CSCc2ccccc2Cl)s1. The van der Waals surface area contributed by atoms with E-state index in [1.807, 2.05) is 12.1 Å². The third-order valence-corrected chi connectivity index (χ3v) is 8.06. The van der Waals surface area contributed by atoms with E-state index in [0.29, 0.717) is 40.6 Å². The van der Waals surface area contributed by atoms with Gasteiger partial charge in [0.25, 0.3) is 5.91 Å². The molecule has 0 aliphatic carbocycles. The summed E-state index contributed by atoms with van der Waals surface area (Å²) in [4.78, 5) is 37.9. The third-order valence-electron chi connectivity index (χ3n) is 5.54. The van der Waals surface area contributed by atoms with Gasteiger partial charge in [-0.05, 0) is 49.1 Å². The number of alkyl halides is 3. The topological polar surface area (TPSA) is 101 Å². The van der Waals surface area contributed by atoms with E-state index < -0.39 is 42.0 Å². The highest BCUT2D eigenvalue weighted by Gasteiger charge is 2.34. The van der Waals surface area contributed by atoms with Gasteiger partial charge in [0.05, 0.1) is 23.1 Å². The van der Waals surface area contributed by atoms with Crippen LogP contribution in [0.2, 0.25) is 5.02 Å². The smallest absolute Gasteiger partial charge is 0.435 e. The molecule has 3 rings (SSSR count). The molecule has 0 radical (unpaired) electrons. The minimum atomic E-state index is -4.50. The van der Waals surface area contributed by atoms with Gasteiger partial charge in [0.2, 0.25) is 0 Å². The Hall–Kier alpha value is -2.83. The predicted octanol–water partition coefficient (Wildman–Crippen LogP) is 5.40. The Morgan fingerprint density at radius 1 is 1.18 bits per heavy atom. The molecule has 0 fully saturated rings. The van der Waals surface area contributed by atoms with E-state index in [-0.39, 0.29) is 5.75 Å². The Kier molecular flexibility index (Phi) is 10.4. The Balaban J connectivity index is 1.52. The zero-order valence-corrected chi connectivity index (χ0v) is 22.6. The lowest BCUT2D eigenvalue weighted by Crippen LogP contribution is -2.43. The number of carboxylic acid groups (broad SMARTS) is 1. The highest BCUT2D eigenvalue weighted by atomic mass is 35.5. The molecule has 0 aliphatic heterocycles. The average Bonchev–Trinajstić information content (AvgIpc) is 3.46. The van der Waals surface area contributed by atoms with E-state index in [1.165, 1.54) is 34.8 Å². The summed E-state index contributed by atoms with van der Waals surface area (Å²) in [5, 5.41) is 15.8. The standard InChI is InChI=1S/C25H25ClF3N3O4S2/c1-32-16(11-22(31-32)25(27,28)29)6-4-7-17-9-10-21(38-17)24(36)30-19(12-23(34)35)20(33)14-37-13-15-5-2-3-8-18(15)26/h2-3,5,8-11,19H,4,6-7,12-14H2,1H3,(H,30,36)(H,34,35)/t19-/m0/s1. The fourth-order valence-electron chi connectivity index (χ4n) is 3.58. The van der Waals surface area contributed by atoms with Crippen molar-refractivity contribution in [2.24, 2.45) is 7.05 Å². The monoisotopic (exact) mass is 587 g/mol. The van der Waals surface area contributed by atoms with Gasteiger partial charge in [-0.2, -0.15) is 18.3 Å². The molecule has 0 bridgehead atoms. The molecular formula is C25H25ClF3N3O4S2. The van der Waals surface area contributed by atoms with Crippen molar-refractivity contribution in [1.29, 1.82) is 0 Å². The van der Waals surface area contributed by atoms with Crippen molar-refractivity contribution in [3.8, 4) is 0 Å². The first-order valence-corrected chi connectivity index (χ1v) is 13.8. The molecule has 0 saturated carbocycles. The molecule has 0 spiro atoms. The van der Waals surface area contributed by atoms with E-state index in [0.717, 1.165) is 16.5 Å². The summed E-state index contributed by atoms with van der Waals surface area (Å²) in [5.74, 6) is -1.72. The molecular weight excluding hydrogens is 563 g/mol. The van der Waals surface area contributed by atoms with Gasteiger partial charge < -0.3 is 10.4 Å². The first-order valence-electron chi connectivity index (χ1n) is 11.5. The Morgan fingerprint density at radius 3 is 2.58 bits per heavy atom. The maximum atomic E-state index is 12.8. The van der Waals surface area contributed by atoms with E-state index >= 15 is 0 Å². The summed E-state index contributed by atoms with van der Waals surface area (Å²) in [6.45, 7) is 0. The van der Waals surface area contributed by atoms with Gasteiger partial charge in [0.15, 0.2) is 11.5 Å². The van der Waals surface area contributed by atoms with Gasteiger partial charge in [0.1, 0.15) is 0 Å². The van der Waals surface area contributed by atoms with E-state index in [1.54, 1.807) is 24.3 Å². The van der Waals surface area contributed by atoms with Crippen molar-refractivity contribution in [2.45, 2.75) is 43.7 Å². The maximum Gasteiger partial charge on any atom is 0.435 e. The predicted molar refractivity (Wildman–Crippen MR) is 141 cm³/mol. The second-order valence-corrected chi connectivity index (χ2v) is 11.0. The van der Waals surface area contributed by atoms with Gasteiger partial charge >= 0.3 is 12.1 Å². The van der Waals surface area contributed by atoms with Crippen molar-refractivity contribution in [1.82, 2.24) is 15.1 Å². The fraction of sp³-hybridized carbons (Fsp3) is 0.360. The van der Waals surface area contributed by atoms with Gasteiger partial charge in [-0.3, -0.25) is 19.1 Å². The van der Waals surface area contributed by atoms with E-state index in [4.69, 9.17) is 11.6 Å². The van der Waals surface area contributed by atoms with Crippen molar-refractivity contribution in [3.63, 3.8) is 0 Å². The summed E-state index contributed by atoms with van der Waals surface area (Å²) in [6, 6.07) is 10.4. The number of aromatic nitrogens is 2. The molecule has 13 heteroatoms. The Bertz CT molecular complexity index is 1290. The van der Waals surface area contributed by atoms with E-state index in [2.05, 4.69) is 10.4 Å². The number of halogens is 4. The van der Waals surface area contributed by atoms with Crippen LogP contribution in [0.3, 0.4) is 0 Å². The number of aryl methyl sites for hydroxylation is 3. The number of nitrogens with zero attached hydrogens (tertiary/aromatic N) is 2. The number of carbonyl (C=O) groups is 3. The number of thiophene rings is 1. The number of nitrogens with one attached hydrogen (secondary N) is 1.